The molecule has 0 saturated heterocycles. The standard InChI is InChI=1S/C14H12F3N5/c1-21(13-10(14(15,16)17)5-4-7-18-13)9-12-20-19-11-6-2-3-8-22(11)12/h2-8H,9H2,1H3. The van der Waals surface area contributed by atoms with Crippen LogP contribution in [0.2, 0.25) is 0 Å². The van der Waals surface area contributed by atoms with E-state index in [1.54, 1.807) is 23.7 Å². The molecule has 5 nitrogen and oxygen atoms in total. The van der Waals surface area contributed by atoms with E-state index in [0.29, 0.717) is 11.5 Å². The fourth-order valence-corrected chi connectivity index (χ4v) is 2.21. The number of hydrogen-bond donors (Lipinski definition) is 0. The predicted molar refractivity (Wildman–Crippen MR) is 74.3 cm³/mol. The Hall–Kier alpha value is -2.64. The highest BCUT2D eigenvalue weighted by Crippen LogP contribution is 2.34. The normalized spacial score (nSPS) is 11.8. The lowest BCUT2D eigenvalue weighted by atomic mass is 10.2. The Kier molecular flexibility index (Phi) is 3.44. The van der Waals surface area contributed by atoms with Crippen molar-refractivity contribution >= 4 is 11.5 Å². The second-order valence-electron chi connectivity index (χ2n) is 4.77. The smallest absolute Gasteiger partial charge is 0.352 e. The van der Waals surface area contributed by atoms with Crippen LogP contribution < -0.4 is 4.90 Å². The number of anilines is 1. The molecule has 0 unspecified atom stereocenters. The van der Waals surface area contributed by atoms with Gasteiger partial charge in [-0.25, -0.2) is 4.98 Å². The Morgan fingerprint density at radius 2 is 1.95 bits per heavy atom. The summed E-state index contributed by atoms with van der Waals surface area (Å²) in [5.41, 5.74) is -0.130. The number of alkyl halides is 3. The Balaban J connectivity index is 1.94. The van der Waals surface area contributed by atoms with E-state index in [9.17, 15) is 13.2 Å². The van der Waals surface area contributed by atoms with Crippen molar-refractivity contribution in [3.63, 3.8) is 0 Å². The number of hydrogen-bond acceptors (Lipinski definition) is 4. The van der Waals surface area contributed by atoms with Gasteiger partial charge in [-0.15, -0.1) is 10.2 Å². The van der Waals surface area contributed by atoms with E-state index < -0.39 is 11.7 Å². The van der Waals surface area contributed by atoms with Gasteiger partial charge in [-0.2, -0.15) is 13.2 Å². The molecule has 114 valence electrons. The van der Waals surface area contributed by atoms with Crippen LogP contribution in [0, 0.1) is 0 Å². The third kappa shape index (κ3) is 2.59. The van der Waals surface area contributed by atoms with Crippen molar-refractivity contribution in [1.82, 2.24) is 19.6 Å². The summed E-state index contributed by atoms with van der Waals surface area (Å²) in [5, 5.41) is 8.00. The number of rotatable bonds is 3. The van der Waals surface area contributed by atoms with Gasteiger partial charge in [-0.1, -0.05) is 6.07 Å². The minimum absolute atomic E-state index is 0.136. The number of aromatic nitrogens is 4. The maximum atomic E-state index is 13.0. The van der Waals surface area contributed by atoms with E-state index in [0.717, 1.165) is 6.07 Å². The molecule has 0 aliphatic rings. The van der Waals surface area contributed by atoms with Crippen LogP contribution in [0.15, 0.2) is 42.7 Å². The molecule has 8 heteroatoms. The molecular formula is C14H12F3N5. The van der Waals surface area contributed by atoms with Crippen LogP contribution in [-0.2, 0) is 12.7 Å². The summed E-state index contributed by atoms with van der Waals surface area (Å²) in [6.07, 6.45) is -1.35. The molecular weight excluding hydrogens is 295 g/mol. The minimum atomic E-state index is -4.45. The largest absolute Gasteiger partial charge is 0.419 e. The van der Waals surface area contributed by atoms with Gasteiger partial charge in [0, 0.05) is 19.4 Å². The summed E-state index contributed by atoms with van der Waals surface area (Å²) in [6.45, 7) is 0.158. The minimum Gasteiger partial charge on any atom is -0.352 e. The van der Waals surface area contributed by atoms with E-state index in [4.69, 9.17) is 0 Å². The molecule has 0 aromatic carbocycles. The summed E-state index contributed by atoms with van der Waals surface area (Å²) in [7, 11) is 1.54. The zero-order chi connectivity index (χ0) is 15.7. The Morgan fingerprint density at radius 3 is 2.73 bits per heavy atom. The Bertz CT molecular complexity index is 796. The second-order valence-corrected chi connectivity index (χ2v) is 4.77. The predicted octanol–water partition coefficient (Wildman–Crippen LogP) is 2.78. The van der Waals surface area contributed by atoms with Gasteiger partial charge < -0.3 is 4.90 Å². The first kappa shape index (κ1) is 14.3. The van der Waals surface area contributed by atoms with Crippen LogP contribution in [0.3, 0.4) is 0 Å². The number of pyridine rings is 2. The monoisotopic (exact) mass is 307 g/mol. The molecule has 0 amide bonds. The maximum absolute atomic E-state index is 13.0. The lowest BCUT2D eigenvalue weighted by Crippen LogP contribution is -2.23. The highest BCUT2D eigenvalue weighted by atomic mass is 19.4. The van der Waals surface area contributed by atoms with Crippen molar-refractivity contribution in [2.75, 3.05) is 11.9 Å². The van der Waals surface area contributed by atoms with Crippen molar-refractivity contribution in [2.24, 2.45) is 0 Å². The number of fused-ring (bicyclic) bond motifs is 1. The van der Waals surface area contributed by atoms with Gasteiger partial charge in [0.05, 0.1) is 12.1 Å². The molecule has 0 aliphatic heterocycles. The van der Waals surface area contributed by atoms with E-state index in [-0.39, 0.29) is 12.4 Å². The topological polar surface area (TPSA) is 46.3 Å². The van der Waals surface area contributed by atoms with Gasteiger partial charge in [0.1, 0.15) is 5.82 Å². The zero-order valence-electron chi connectivity index (χ0n) is 11.6. The zero-order valence-corrected chi connectivity index (χ0v) is 11.6. The Labute approximate surface area is 124 Å². The van der Waals surface area contributed by atoms with Crippen molar-refractivity contribution < 1.29 is 13.2 Å². The quantitative estimate of drug-likeness (QED) is 0.746. The molecule has 0 radical (unpaired) electrons. The fourth-order valence-electron chi connectivity index (χ4n) is 2.21. The molecule has 0 atom stereocenters. The van der Waals surface area contributed by atoms with Gasteiger partial charge in [-0.3, -0.25) is 4.40 Å². The maximum Gasteiger partial charge on any atom is 0.419 e. The molecule has 0 aliphatic carbocycles. The van der Waals surface area contributed by atoms with Gasteiger partial charge in [0.15, 0.2) is 11.5 Å². The summed E-state index contributed by atoms with van der Waals surface area (Å²) < 4.78 is 40.9. The van der Waals surface area contributed by atoms with Crippen LogP contribution in [0.5, 0.6) is 0 Å². The van der Waals surface area contributed by atoms with E-state index in [2.05, 4.69) is 15.2 Å². The highest BCUT2D eigenvalue weighted by Gasteiger charge is 2.35. The molecule has 3 heterocycles. The average Bonchev–Trinajstić information content (AvgIpc) is 2.90. The summed E-state index contributed by atoms with van der Waals surface area (Å²) in [5.74, 6) is 0.402. The molecule has 0 spiro atoms. The third-order valence-electron chi connectivity index (χ3n) is 3.22. The third-order valence-corrected chi connectivity index (χ3v) is 3.22. The van der Waals surface area contributed by atoms with Gasteiger partial charge in [0.25, 0.3) is 0 Å². The lowest BCUT2D eigenvalue weighted by Gasteiger charge is -2.21. The molecule has 3 aromatic heterocycles. The van der Waals surface area contributed by atoms with Crippen molar-refractivity contribution in [1.29, 1.82) is 0 Å². The number of halogens is 3. The van der Waals surface area contributed by atoms with Crippen molar-refractivity contribution in [3.8, 4) is 0 Å². The SMILES string of the molecule is CN(Cc1nnc2ccccn12)c1ncccc1C(F)(F)F. The van der Waals surface area contributed by atoms with E-state index in [1.165, 1.54) is 17.2 Å². The fraction of sp³-hybridized carbons (Fsp3) is 0.214. The summed E-state index contributed by atoms with van der Waals surface area (Å²) in [6, 6.07) is 7.69. The molecule has 0 fully saturated rings. The average molecular weight is 307 g/mol. The highest BCUT2D eigenvalue weighted by molar-refractivity contribution is 5.48. The van der Waals surface area contributed by atoms with Gasteiger partial charge in [0.2, 0.25) is 0 Å². The van der Waals surface area contributed by atoms with Crippen LogP contribution in [0.25, 0.3) is 5.65 Å². The van der Waals surface area contributed by atoms with Crippen LogP contribution in [0.1, 0.15) is 11.4 Å². The molecule has 0 N–H and O–H groups in total. The molecule has 22 heavy (non-hydrogen) atoms. The first-order chi connectivity index (χ1) is 10.5. The Morgan fingerprint density at radius 1 is 1.14 bits per heavy atom. The van der Waals surface area contributed by atoms with E-state index in [1.807, 2.05) is 12.1 Å². The molecule has 3 rings (SSSR count). The summed E-state index contributed by atoms with van der Waals surface area (Å²) >= 11 is 0. The molecule has 0 bridgehead atoms. The number of nitrogens with zero attached hydrogens (tertiary/aromatic N) is 5. The van der Waals surface area contributed by atoms with Gasteiger partial charge in [-0.05, 0) is 24.3 Å². The van der Waals surface area contributed by atoms with Crippen LogP contribution in [-0.4, -0.2) is 26.6 Å². The van der Waals surface area contributed by atoms with E-state index >= 15 is 0 Å². The second kappa shape index (κ2) is 5.28. The van der Waals surface area contributed by atoms with Gasteiger partial charge >= 0.3 is 6.18 Å². The first-order valence-corrected chi connectivity index (χ1v) is 6.49. The summed E-state index contributed by atoms with van der Waals surface area (Å²) in [4.78, 5) is 5.26. The molecule has 0 saturated carbocycles. The molecule has 3 aromatic rings. The van der Waals surface area contributed by atoms with Crippen LogP contribution in [0.4, 0.5) is 19.0 Å². The van der Waals surface area contributed by atoms with Crippen LogP contribution >= 0.6 is 0 Å². The lowest BCUT2D eigenvalue weighted by molar-refractivity contribution is -0.137. The first-order valence-electron chi connectivity index (χ1n) is 6.49. The van der Waals surface area contributed by atoms with Crippen molar-refractivity contribution in [2.45, 2.75) is 12.7 Å². The van der Waals surface area contributed by atoms with Crippen molar-refractivity contribution in [3.05, 3.63) is 54.1 Å².